The second kappa shape index (κ2) is 7.19. The Bertz CT molecular complexity index is 724. The van der Waals surface area contributed by atoms with Crippen LogP contribution in [0.5, 0.6) is 0 Å². The molecule has 23 heavy (non-hydrogen) atoms. The van der Waals surface area contributed by atoms with Gasteiger partial charge in [-0.2, -0.15) is 0 Å². The number of H-pyrrole nitrogens is 1. The predicted octanol–water partition coefficient (Wildman–Crippen LogP) is 1.73. The second-order valence-corrected chi connectivity index (χ2v) is 5.28. The van der Waals surface area contributed by atoms with Gasteiger partial charge in [0.05, 0.1) is 0 Å². The molecule has 1 aromatic carbocycles. The minimum atomic E-state index is -1.41. The number of methoxy groups -OCH3 is 1. The Kier molecular flexibility index (Phi) is 5.28. The van der Waals surface area contributed by atoms with Crippen LogP contribution in [-0.2, 0) is 21.6 Å². The first-order valence-electron chi connectivity index (χ1n) is 7.23. The van der Waals surface area contributed by atoms with Crippen LogP contribution in [0.15, 0.2) is 47.4 Å². The summed E-state index contributed by atoms with van der Waals surface area (Å²) in [5.74, 6) is -0.915. The summed E-state index contributed by atoms with van der Waals surface area (Å²) in [6.45, 7) is 1.87. The number of nitrogens with one attached hydrogen (secondary N) is 2. The van der Waals surface area contributed by atoms with E-state index in [1.54, 1.807) is 24.4 Å². The van der Waals surface area contributed by atoms with Crippen molar-refractivity contribution < 1.29 is 13.9 Å². The first-order valence-corrected chi connectivity index (χ1v) is 7.23. The van der Waals surface area contributed by atoms with Crippen molar-refractivity contribution in [2.75, 3.05) is 13.7 Å². The molecule has 1 heterocycles. The van der Waals surface area contributed by atoms with Gasteiger partial charge in [0.1, 0.15) is 5.82 Å². The Hall–Kier alpha value is -2.47. The maximum absolute atomic E-state index is 14.0. The number of rotatable bonds is 6. The smallest absolute Gasteiger partial charge is 0.256 e. The fourth-order valence-corrected chi connectivity index (χ4v) is 2.26. The summed E-state index contributed by atoms with van der Waals surface area (Å²) in [5, 5.41) is 2.74. The zero-order valence-corrected chi connectivity index (χ0v) is 13.1. The molecule has 2 aromatic rings. The predicted molar refractivity (Wildman–Crippen MR) is 84.5 cm³/mol. The van der Waals surface area contributed by atoms with E-state index in [0.29, 0.717) is 13.0 Å². The lowest BCUT2D eigenvalue weighted by Gasteiger charge is -2.27. The maximum Gasteiger partial charge on any atom is 0.256 e. The van der Waals surface area contributed by atoms with Crippen LogP contribution in [0.4, 0.5) is 4.39 Å². The minimum absolute atomic E-state index is 0.177. The number of halogens is 1. The molecule has 6 heteroatoms. The standard InChI is InChI=1S/C17H19FN2O3/c1-17(23-2,13-5-3-4-6-14(13)18)16(22)19-10-9-12-7-8-15(21)20-11-12/h3-8,11H,9-10H2,1-2H3,(H,19,22)(H,20,21)/t17-/m0/s1. The first kappa shape index (κ1) is 16.9. The van der Waals surface area contributed by atoms with Crippen molar-refractivity contribution in [3.63, 3.8) is 0 Å². The van der Waals surface area contributed by atoms with Crippen molar-refractivity contribution in [2.45, 2.75) is 18.9 Å². The van der Waals surface area contributed by atoms with E-state index in [-0.39, 0.29) is 11.1 Å². The fourth-order valence-electron chi connectivity index (χ4n) is 2.26. The molecule has 5 nitrogen and oxygen atoms in total. The van der Waals surface area contributed by atoms with Crippen molar-refractivity contribution >= 4 is 5.91 Å². The molecule has 0 aliphatic heterocycles. The van der Waals surface area contributed by atoms with Gasteiger partial charge >= 0.3 is 0 Å². The van der Waals surface area contributed by atoms with E-state index in [2.05, 4.69) is 10.3 Å². The van der Waals surface area contributed by atoms with Gasteiger partial charge in [0, 0.05) is 31.5 Å². The molecule has 1 amide bonds. The lowest BCUT2D eigenvalue weighted by atomic mass is 9.94. The van der Waals surface area contributed by atoms with E-state index in [1.807, 2.05) is 0 Å². The van der Waals surface area contributed by atoms with E-state index < -0.39 is 17.3 Å². The summed E-state index contributed by atoms with van der Waals surface area (Å²) < 4.78 is 19.2. The number of hydrogen-bond donors (Lipinski definition) is 2. The van der Waals surface area contributed by atoms with Crippen LogP contribution in [0.3, 0.4) is 0 Å². The van der Waals surface area contributed by atoms with Gasteiger partial charge in [0.2, 0.25) is 5.56 Å². The van der Waals surface area contributed by atoms with Crippen molar-refractivity contribution in [1.82, 2.24) is 10.3 Å². The highest BCUT2D eigenvalue weighted by molar-refractivity contribution is 5.86. The quantitative estimate of drug-likeness (QED) is 0.852. The van der Waals surface area contributed by atoms with Gasteiger partial charge in [-0.25, -0.2) is 4.39 Å². The average molecular weight is 318 g/mol. The highest BCUT2D eigenvalue weighted by atomic mass is 19.1. The number of benzene rings is 1. The highest BCUT2D eigenvalue weighted by Crippen LogP contribution is 2.27. The topological polar surface area (TPSA) is 71.2 Å². The van der Waals surface area contributed by atoms with Gasteiger partial charge in [-0.15, -0.1) is 0 Å². The molecule has 0 saturated carbocycles. The third kappa shape index (κ3) is 3.84. The van der Waals surface area contributed by atoms with E-state index in [4.69, 9.17) is 4.74 Å². The van der Waals surface area contributed by atoms with Crippen LogP contribution >= 0.6 is 0 Å². The first-order chi connectivity index (χ1) is 11.0. The van der Waals surface area contributed by atoms with Gasteiger partial charge in [0.15, 0.2) is 5.60 Å². The molecule has 1 aromatic heterocycles. The number of carbonyl (C=O) groups excluding carboxylic acids is 1. The summed E-state index contributed by atoms with van der Waals surface area (Å²) in [6, 6.07) is 9.15. The van der Waals surface area contributed by atoms with Gasteiger partial charge in [-0.3, -0.25) is 9.59 Å². The van der Waals surface area contributed by atoms with Crippen molar-refractivity contribution in [3.05, 3.63) is 69.9 Å². The Morgan fingerprint density at radius 3 is 2.65 bits per heavy atom. The van der Waals surface area contributed by atoms with Crippen molar-refractivity contribution in [3.8, 4) is 0 Å². The van der Waals surface area contributed by atoms with E-state index in [1.165, 1.54) is 32.2 Å². The zero-order valence-electron chi connectivity index (χ0n) is 13.1. The molecular weight excluding hydrogens is 299 g/mol. The average Bonchev–Trinajstić information content (AvgIpc) is 2.56. The monoisotopic (exact) mass is 318 g/mol. The molecule has 0 aliphatic rings. The molecule has 0 spiro atoms. The number of pyridine rings is 1. The Labute approximate surface area is 133 Å². The molecule has 0 fully saturated rings. The molecule has 2 rings (SSSR count). The number of aromatic nitrogens is 1. The molecule has 0 saturated heterocycles. The summed E-state index contributed by atoms with van der Waals surface area (Å²) in [4.78, 5) is 26.0. The molecule has 0 radical (unpaired) electrons. The minimum Gasteiger partial charge on any atom is -0.364 e. The molecule has 1 atom stereocenters. The molecular formula is C17H19FN2O3. The van der Waals surface area contributed by atoms with E-state index in [9.17, 15) is 14.0 Å². The van der Waals surface area contributed by atoms with Gasteiger partial charge in [0.25, 0.3) is 5.91 Å². The zero-order chi connectivity index (χ0) is 16.9. The number of carbonyl (C=O) groups is 1. The lowest BCUT2D eigenvalue weighted by molar-refractivity contribution is -0.142. The van der Waals surface area contributed by atoms with E-state index >= 15 is 0 Å². The van der Waals surface area contributed by atoms with Gasteiger partial charge in [-0.1, -0.05) is 24.3 Å². The molecule has 0 bridgehead atoms. The molecule has 122 valence electrons. The summed E-state index contributed by atoms with van der Waals surface area (Å²) >= 11 is 0. The third-order valence-corrected chi connectivity index (χ3v) is 3.78. The van der Waals surface area contributed by atoms with Crippen LogP contribution in [0, 0.1) is 5.82 Å². The number of aromatic amines is 1. The SMILES string of the molecule is CO[C@](C)(C(=O)NCCc1ccc(=O)[nH]c1)c1ccccc1F. The largest absolute Gasteiger partial charge is 0.364 e. The Morgan fingerprint density at radius 2 is 2.04 bits per heavy atom. The Balaban J connectivity index is 2.04. The second-order valence-electron chi connectivity index (χ2n) is 5.28. The molecule has 2 N–H and O–H groups in total. The highest BCUT2D eigenvalue weighted by Gasteiger charge is 2.37. The van der Waals surface area contributed by atoms with Crippen LogP contribution in [0.25, 0.3) is 0 Å². The van der Waals surface area contributed by atoms with Gasteiger partial charge < -0.3 is 15.0 Å². The summed E-state index contributed by atoms with van der Waals surface area (Å²) in [7, 11) is 1.37. The van der Waals surface area contributed by atoms with Crippen molar-refractivity contribution in [2.24, 2.45) is 0 Å². The third-order valence-electron chi connectivity index (χ3n) is 3.78. The number of amides is 1. The number of hydrogen-bond acceptors (Lipinski definition) is 3. The van der Waals surface area contributed by atoms with E-state index in [0.717, 1.165) is 5.56 Å². The fraction of sp³-hybridized carbons (Fsp3) is 0.294. The van der Waals surface area contributed by atoms with Crippen LogP contribution in [0.1, 0.15) is 18.1 Å². The molecule has 0 aliphatic carbocycles. The van der Waals surface area contributed by atoms with Crippen LogP contribution in [-0.4, -0.2) is 24.5 Å². The summed E-state index contributed by atoms with van der Waals surface area (Å²) in [5.41, 5.74) is -0.515. The lowest BCUT2D eigenvalue weighted by Crippen LogP contribution is -2.44. The van der Waals surface area contributed by atoms with Crippen molar-refractivity contribution in [1.29, 1.82) is 0 Å². The normalized spacial score (nSPS) is 13.3. The molecule has 0 unspecified atom stereocenters. The van der Waals surface area contributed by atoms with Crippen LogP contribution < -0.4 is 10.9 Å². The Morgan fingerprint density at radius 1 is 1.30 bits per heavy atom. The maximum atomic E-state index is 14.0. The van der Waals surface area contributed by atoms with Crippen LogP contribution in [0.2, 0.25) is 0 Å². The summed E-state index contributed by atoms with van der Waals surface area (Å²) in [6.07, 6.45) is 2.14. The van der Waals surface area contributed by atoms with Gasteiger partial charge in [-0.05, 0) is 25.0 Å². The number of ether oxygens (including phenoxy) is 1.